The van der Waals surface area contributed by atoms with Crippen LogP contribution in [0.15, 0.2) is 43.0 Å². The quantitative estimate of drug-likeness (QED) is 0.383. The van der Waals surface area contributed by atoms with Crippen molar-refractivity contribution in [2.45, 2.75) is 45.2 Å². The highest BCUT2D eigenvalue weighted by atomic mass is 19.1. The molecule has 1 saturated heterocycles. The Kier molecular flexibility index (Phi) is 6.44. The van der Waals surface area contributed by atoms with Gasteiger partial charge in [-0.25, -0.2) is 19.9 Å². The summed E-state index contributed by atoms with van der Waals surface area (Å²) < 4.78 is 16.6. The maximum atomic E-state index is 14.7. The van der Waals surface area contributed by atoms with Crippen molar-refractivity contribution in [2.24, 2.45) is 0 Å². The summed E-state index contributed by atoms with van der Waals surface area (Å²) >= 11 is 0. The van der Waals surface area contributed by atoms with Crippen LogP contribution in [-0.2, 0) is 11.2 Å². The molecule has 5 heterocycles. The van der Waals surface area contributed by atoms with E-state index >= 15 is 0 Å². The molecule has 0 bridgehead atoms. The molecule has 1 unspecified atom stereocenters. The highest BCUT2D eigenvalue weighted by Gasteiger charge is 2.28. The Labute approximate surface area is 209 Å². The van der Waals surface area contributed by atoms with Crippen molar-refractivity contribution in [3.05, 3.63) is 60.5 Å². The zero-order valence-electron chi connectivity index (χ0n) is 20.9. The van der Waals surface area contributed by atoms with Crippen molar-refractivity contribution in [3.8, 4) is 11.4 Å². The number of carbonyl (C=O) groups is 1. The SMILES string of the molecule is CC(C)n1cnc2c(F)nc(-c3ccnc(Cc4ccc(N5CCC(N(C)C)CC5=O)cn4)n3)cc21. The van der Waals surface area contributed by atoms with Crippen molar-refractivity contribution in [1.29, 1.82) is 0 Å². The van der Waals surface area contributed by atoms with Gasteiger partial charge in [0.05, 0.1) is 41.5 Å². The molecular weight excluding hydrogens is 459 g/mol. The first-order valence-electron chi connectivity index (χ1n) is 12.1. The number of rotatable bonds is 6. The second-order valence-electron chi connectivity index (χ2n) is 9.61. The molecule has 0 N–H and O–H groups in total. The van der Waals surface area contributed by atoms with Crippen LogP contribution in [-0.4, -0.2) is 67.0 Å². The molecule has 4 aromatic rings. The van der Waals surface area contributed by atoms with Gasteiger partial charge in [-0.3, -0.25) is 9.78 Å². The summed E-state index contributed by atoms with van der Waals surface area (Å²) in [6, 6.07) is 7.74. The van der Waals surface area contributed by atoms with Crippen molar-refractivity contribution >= 4 is 22.6 Å². The van der Waals surface area contributed by atoms with Crippen molar-refractivity contribution in [3.63, 3.8) is 0 Å². The molecule has 0 aromatic carbocycles. The Balaban J connectivity index is 1.34. The average Bonchev–Trinajstić information content (AvgIpc) is 3.30. The van der Waals surface area contributed by atoms with Gasteiger partial charge in [-0.05, 0) is 58.6 Å². The van der Waals surface area contributed by atoms with E-state index in [1.54, 1.807) is 35.8 Å². The molecule has 186 valence electrons. The molecule has 36 heavy (non-hydrogen) atoms. The third-order valence-corrected chi connectivity index (χ3v) is 6.63. The van der Waals surface area contributed by atoms with Crippen LogP contribution in [0.3, 0.4) is 0 Å². The Hall–Kier alpha value is -3.79. The van der Waals surface area contributed by atoms with Crippen LogP contribution in [0.25, 0.3) is 22.4 Å². The van der Waals surface area contributed by atoms with E-state index in [1.807, 2.05) is 44.6 Å². The largest absolute Gasteiger partial charge is 0.328 e. The van der Waals surface area contributed by atoms with Gasteiger partial charge in [-0.1, -0.05) is 0 Å². The first-order chi connectivity index (χ1) is 17.3. The first kappa shape index (κ1) is 23.9. The van der Waals surface area contributed by atoms with Gasteiger partial charge in [0, 0.05) is 36.9 Å². The summed E-state index contributed by atoms with van der Waals surface area (Å²) in [6.45, 7) is 4.71. The van der Waals surface area contributed by atoms with E-state index in [2.05, 4.69) is 29.8 Å². The van der Waals surface area contributed by atoms with Gasteiger partial charge in [0.1, 0.15) is 11.3 Å². The summed E-state index contributed by atoms with van der Waals surface area (Å²) in [4.78, 5) is 38.3. The zero-order chi connectivity index (χ0) is 25.4. The van der Waals surface area contributed by atoms with Gasteiger partial charge in [0.2, 0.25) is 11.9 Å². The number of carbonyl (C=O) groups excluding carboxylic acids is 1. The first-order valence-corrected chi connectivity index (χ1v) is 12.1. The molecule has 1 atom stereocenters. The number of anilines is 1. The molecular formula is C26H29FN8O. The molecule has 0 aliphatic carbocycles. The summed E-state index contributed by atoms with van der Waals surface area (Å²) in [5.41, 5.74) is 3.45. The highest BCUT2D eigenvalue weighted by molar-refractivity contribution is 5.94. The monoisotopic (exact) mass is 488 g/mol. The van der Waals surface area contributed by atoms with Crippen molar-refractivity contribution < 1.29 is 9.18 Å². The van der Waals surface area contributed by atoms with E-state index in [0.29, 0.717) is 42.1 Å². The van der Waals surface area contributed by atoms with Crippen molar-refractivity contribution in [1.82, 2.24) is 34.4 Å². The molecule has 0 radical (unpaired) electrons. The molecule has 10 heteroatoms. The van der Waals surface area contributed by atoms with Gasteiger partial charge < -0.3 is 14.4 Å². The number of fused-ring (bicyclic) bond motifs is 1. The van der Waals surface area contributed by atoms with E-state index in [0.717, 1.165) is 17.8 Å². The lowest BCUT2D eigenvalue weighted by Gasteiger charge is -2.34. The predicted molar refractivity (Wildman–Crippen MR) is 135 cm³/mol. The molecule has 1 aliphatic heterocycles. The summed E-state index contributed by atoms with van der Waals surface area (Å²) in [7, 11) is 4.01. The number of nitrogens with zero attached hydrogens (tertiary/aromatic N) is 8. The molecule has 1 aliphatic rings. The minimum atomic E-state index is -0.622. The Morgan fingerprint density at radius 1 is 1.11 bits per heavy atom. The maximum Gasteiger partial charge on any atom is 0.241 e. The van der Waals surface area contributed by atoms with E-state index < -0.39 is 5.95 Å². The standard InChI is InChI=1S/C26H29FN8O/c1-16(2)35-15-30-25-22(35)13-21(32-26(25)27)20-7-9-28-23(31-20)11-17-5-6-19(14-29-17)34-10-8-18(33(3)4)12-24(34)36/h5-7,9,13-16,18H,8,10-12H2,1-4H3. The molecule has 0 spiro atoms. The van der Waals surface area contributed by atoms with Gasteiger partial charge >= 0.3 is 0 Å². The Bertz CT molecular complexity index is 1400. The second-order valence-corrected chi connectivity index (χ2v) is 9.61. The minimum Gasteiger partial charge on any atom is -0.328 e. The fraction of sp³-hybridized carbons (Fsp3) is 0.385. The lowest BCUT2D eigenvalue weighted by atomic mass is 10.0. The number of pyridine rings is 2. The second kappa shape index (κ2) is 9.69. The number of hydrogen-bond donors (Lipinski definition) is 0. The lowest BCUT2D eigenvalue weighted by Crippen LogP contribution is -2.45. The number of halogens is 1. The van der Waals surface area contributed by atoms with Crippen LogP contribution in [0, 0.1) is 5.95 Å². The normalized spacial score (nSPS) is 16.5. The van der Waals surface area contributed by atoms with Crippen LogP contribution in [0.2, 0.25) is 0 Å². The number of aromatic nitrogens is 6. The topological polar surface area (TPSA) is 92.9 Å². The van der Waals surface area contributed by atoms with Gasteiger partial charge in [-0.2, -0.15) is 4.39 Å². The van der Waals surface area contributed by atoms with Gasteiger partial charge in [0.15, 0.2) is 0 Å². The third-order valence-electron chi connectivity index (χ3n) is 6.63. The van der Waals surface area contributed by atoms with Gasteiger partial charge in [0.25, 0.3) is 0 Å². The number of imidazole rings is 1. The van der Waals surface area contributed by atoms with Crippen molar-refractivity contribution in [2.75, 3.05) is 25.5 Å². The minimum absolute atomic E-state index is 0.112. The fourth-order valence-corrected chi connectivity index (χ4v) is 4.54. The van der Waals surface area contributed by atoms with E-state index in [4.69, 9.17) is 0 Å². The van der Waals surface area contributed by atoms with E-state index in [-0.39, 0.29) is 23.5 Å². The molecule has 4 aromatic heterocycles. The smallest absolute Gasteiger partial charge is 0.241 e. The summed E-state index contributed by atoms with van der Waals surface area (Å²) in [5.74, 6) is 0.0415. The fourth-order valence-electron chi connectivity index (χ4n) is 4.54. The maximum absolute atomic E-state index is 14.7. The van der Waals surface area contributed by atoms with E-state index in [9.17, 15) is 9.18 Å². The molecule has 0 saturated carbocycles. The summed E-state index contributed by atoms with van der Waals surface area (Å²) in [5, 5.41) is 0. The summed E-state index contributed by atoms with van der Waals surface area (Å²) in [6.07, 6.45) is 6.84. The van der Waals surface area contributed by atoms with Crippen LogP contribution in [0.1, 0.15) is 44.2 Å². The lowest BCUT2D eigenvalue weighted by molar-refractivity contribution is -0.120. The molecule has 5 rings (SSSR count). The van der Waals surface area contributed by atoms with E-state index in [1.165, 1.54) is 0 Å². The zero-order valence-corrected chi connectivity index (χ0v) is 20.9. The Morgan fingerprint density at radius 3 is 2.64 bits per heavy atom. The number of hydrogen-bond acceptors (Lipinski definition) is 7. The van der Waals surface area contributed by atoms with Crippen LogP contribution < -0.4 is 4.90 Å². The predicted octanol–water partition coefficient (Wildman–Crippen LogP) is 3.65. The average molecular weight is 489 g/mol. The molecule has 1 amide bonds. The number of piperidine rings is 1. The molecule has 1 fully saturated rings. The van der Waals surface area contributed by atoms with Crippen LogP contribution in [0.4, 0.5) is 10.1 Å². The Morgan fingerprint density at radius 2 is 1.94 bits per heavy atom. The highest BCUT2D eigenvalue weighted by Crippen LogP contribution is 2.25. The van der Waals surface area contributed by atoms with Crippen LogP contribution >= 0.6 is 0 Å². The number of amides is 1. The van der Waals surface area contributed by atoms with Gasteiger partial charge in [-0.15, -0.1) is 0 Å². The van der Waals surface area contributed by atoms with Crippen LogP contribution in [0.5, 0.6) is 0 Å². The third kappa shape index (κ3) is 4.68. The molecule has 9 nitrogen and oxygen atoms in total.